The molecule has 2 heterocycles. The Morgan fingerprint density at radius 2 is 2.15 bits per heavy atom. The highest BCUT2D eigenvalue weighted by Gasteiger charge is 2.35. The van der Waals surface area contributed by atoms with Gasteiger partial charge < -0.3 is 9.26 Å². The van der Waals surface area contributed by atoms with E-state index >= 15 is 0 Å². The lowest BCUT2D eigenvalue weighted by atomic mass is 9.87. The summed E-state index contributed by atoms with van der Waals surface area (Å²) in [5.41, 5.74) is -0.567. The summed E-state index contributed by atoms with van der Waals surface area (Å²) in [7, 11) is -3.78. The van der Waals surface area contributed by atoms with Crippen molar-refractivity contribution in [1.82, 2.24) is 30.0 Å². The first-order valence-electron chi connectivity index (χ1n) is 7.97. The van der Waals surface area contributed by atoms with Gasteiger partial charge in [-0.2, -0.15) is 10.1 Å². The number of aromatic amines is 1. The lowest BCUT2D eigenvalue weighted by Gasteiger charge is -2.28. The molecule has 144 valence electrons. The quantitative estimate of drug-likeness (QED) is 0.627. The molecule has 0 bridgehead atoms. The molecule has 0 aromatic carbocycles. The van der Waals surface area contributed by atoms with Gasteiger partial charge in [0, 0.05) is 0 Å². The number of aromatic nitrogens is 5. The van der Waals surface area contributed by atoms with Crippen LogP contribution in [-0.4, -0.2) is 52.1 Å². The van der Waals surface area contributed by atoms with Crippen molar-refractivity contribution in [2.75, 3.05) is 12.4 Å². The second kappa shape index (κ2) is 7.91. The third-order valence-electron chi connectivity index (χ3n) is 3.36. The van der Waals surface area contributed by atoms with Gasteiger partial charge in [-0.3, -0.25) is 9.89 Å². The van der Waals surface area contributed by atoms with Crippen molar-refractivity contribution in [2.45, 2.75) is 40.2 Å². The fraction of sp³-hybridized carbons (Fsp3) is 0.643. The maximum Gasteiger partial charge on any atom is 0.306 e. The molecule has 0 radical (unpaired) electrons. The Morgan fingerprint density at radius 1 is 1.42 bits per heavy atom. The van der Waals surface area contributed by atoms with Crippen molar-refractivity contribution in [2.24, 2.45) is 5.41 Å². The van der Waals surface area contributed by atoms with Gasteiger partial charge in [-0.25, -0.2) is 18.1 Å². The van der Waals surface area contributed by atoms with Crippen LogP contribution in [0.1, 0.15) is 46.0 Å². The lowest BCUT2D eigenvalue weighted by Crippen LogP contribution is -2.38. The summed E-state index contributed by atoms with van der Waals surface area (Å²) < 4.78 is 37.2. The second-order valence-corrected chi connectivity index (χ2v) is 8.45. The summed E-state index contributed by atoms with van der Waals surface area (Å²) in [6.07, 6.45) is 1.05. The number of hydrogen-bond donors (Lipinski definition) is 2. The van der Waals surface area contributed by atoms with Crippen LogP contribution in [0.3, 0.4) is 0 Å². The highest BCUT2D eigenvalue weighted by molar-refractivity contribution is 7.89. The summed E-state index contributed by atoms with van der Waals surface area (Å²) >= 11 is 0. The molecule has 2 aromatic heterocycles. The second-order valence-electron chi connectivity index (χ2n) is 6.58. The van der Waals surface area contributed by atoms with Crippen molar-refractivity contribution in [3.63, 3.8) is 0 Å². The van der Waals surface area contributed by atoms with Crippen molar-refractivity contribution < 1.29 is 22.5 Å². The largest absolute Gasteiger partial charge is 0.466 e. The summed E-state index contributed by atoms with van der Waals surface area (Å²) in [4.78, 5) is 19.5. The number of ether oxygens (including phenoxy) is 1. The molecule has 12 heteroatoms. The highest BCUT2D eigenvalue weighted by Crippen LogP contribution is 2.33. The monoisotopic (exact) mass is 386 g/mol. The minimum Gasteiger partial charge on any atom is -0.466 e. The molecule has 0 spiro atoms. The average molecular weight is 386 g/mol. The van der Waals surface area contributed by atoms with Gasteiger partial charge in [-0.05, 0) is 12.3 Å². The van der Waals surface area contributed by atoms with Gasteiger partial charge >= 0.3 is 5.97 Å². The molecule has 0 saturated carbocycles. The van der Waals surface area contributed by atoms with Crippen LogP contribution in [-0.2, 0) is 19.6 Å². The van der Waals surface area contributed by atoms with Gasteiger partial charge in [0.1, 0.15) is 12.4 Å². The first-order valence-corrected chi connectivity index (χ1v) is 9.62. The van der Waals surface area contributed by atoms with Crippen LogP contribution in [0.25, 0.3) is 11.6 Å². The minimum absolute atomic E-state index is 0.0867. The Kier molecular flexibility index (Phi) is 6.08. The predicted molar refractivity (Wildman–Crippen MR) is 90.0 cm³/mol. The molecule has 0 saturated heterocycles. The van der Waals surface area contributed by atoms with E-state index in [4.69, 9.17) is 9.26 Å². The average Bonchev–Trinajstić information content (AvgIpc) is 3.21. The highest BCUT2D eigenvalue weighted by atomic mass is 32.2. The van der Waals surface area contributed by atoms with Crippen LogP contribution in [0.2, 0.25) is 0 Å². The van der Waals surface area contributed by atoms with Crippen molar-refractivity contribution in [3.05, 3.63) is 12.2 Å². The molecule has 2 aromatic rings. The summed E-state index contributed by atoms with van der Waals surface area (Å²) in [5.74, 6) is -0.420. The van der Waals surface area contributed by atoms with E-state index in [1.165, 1.54) is 6.33 Å². The van der Waals surface area contributed by atoms with E-state index in [9.17, 15) is 13.2 Å². The van der Waals surface area contributed by atoms with Crippen LogP contribution in [0.4, 0.5) is 0 Å². The van der Waals surface area contributed by atoms with E-state index in [0.717, 1.165) is 0 Å². The van der Waals surface area contributed by atoms with Crippen LogP contribution < -0.4 is 4.72 Å². The standard InChI is InChI=1S/C14H22N6O5S/c1-5-24-9(21)6-7-26(22,23)20-10(14(2,3)4)13-17-12(19-25-13)11-15-8-16-18-11/h8,10,20H,5-7H2,1-4H3,(H,15,16,18)/t10-/m0/s1. The maximum absolute atomic E-state index is 12.4. The van der Waals surface area contributed by atoms with E-state index in [0.29, 0.717) is 5.82 Å². The van der Waals surface area contributed by atoms with Gasteiger partial charge in [-0.1, -0.05) is 25.9 Å². The molecule has 2 rings (SSSR count). The predicted octanol–water partition coefficient (Wildman–Crippen LogP) is 0.814. The van der Waals surface area contributed by atoms with Gasteiger partial charge in [-0.15, -0.1) is 0 Å². The van der Waals surface area contributed by atoms with Gasteiger partial charge in [0.2, 0.25) is 21.7 Å². The van der Waals surface area contributed by atoms with E-state index in [-0.39, 0.29) is 24.7 Å². The molecule has 0 aliphatic carbocycles. The fourth-order valence-electron chi connectivity index (χ4n) is 2.05. The maximum atomic E-state index is 12.4. The van der Waals surface area contributed by atoms with E-state index in [2.05, 4.69) is 30.0 Å². The van der Waals surface area contributed by atoms with Crippen molar-refractivity contribution >= 4 is 16.0 Å². The Hall–Kier alpha value is -2.34. The van der Waals surface area contributed by atoms with Crippen LogP contribution in [0.15, 0.2) is 10.9 Å². The first-order chi connectivity index (χ1) is 12.1. The van der Waals surface area contributed by atoms with Gasteiger partial charge in [0.25, 0.3) is 0 Å². The third-order valence-corrected chi connectivity index (χ3v) is 4.70. The van der Waals surface area contributed by atoms with E-state index in [1.807, 2.05) is 20.8 Å². The molecule has 0 amide bonds. The number of hydrogen-bond acceptors (Lipinski definition) is 9. The summed E-state index contributed by atoms with van der Waals surface area (Å²) in [6.45, 7) is 7.32. The van der Waals surface area contributed by atoms with E-state index < -0.39 is 33.2 Å². The molecular weight excluding hydrogens is 364 g/mol. The molecular formula is C14H22N6O5S. The number of rotatable bonds is 8. The van der Waals surface area contributed by atoms with E-state index in [1.54, 1.807) is 6.92 Å². The zero-order valence-electron chi connectivity index (χ0n) is 15.0. The number of esters is 1. The molecule has 0 unspecified atom stereocenters. The number of H-pyrrole nitrogens is 1. The van der Waals surface area contributed by atoms with Gasteiger partial charge in [0.05, 0.1) is 18.8 Å². The zero-order chi connectivity index (χ0) is 19.4. The molecule has 1 atom stereocenters. The number of carbonyl (C=O) groups excluding carboxylic acids is 1. The minimum atomic E-state index is -3.78. The molecule has 0 fully saturated rings. The Bertz CT molecular complexity index is 824. The number of sulfonamides is 1. The SMILES string of the molecule is CCOC(=O)CCS(=O)(=O)N[C@@H](c1nc(-c2ncn[nH]2)no1)C(C)(C)C. The molecule has 0 aliphatic heterocycles. The summed E-state index contributed by atoms with van der Waals surface area (Å²) in [6, 6.07) is -0.793. The van der Waals surface area contributed by atoms with Gasteiger partial charge in [0.15, 0.2) is 5.82 Å². The molecule has 26 heavy (non-hydrogen) atoms. The Balaban J connectivity index is 2.17. The van der Waals surface area contributed by atoms with Crippen LogP contribution in [0, 0.1) is 5.41 Å². The molecule has 11 nitrogen and oxygen atoms in total. The smallest absolute Gasteiger partial charge is 0.306 e. The van der Waals surface area contributed by atoms with Crippen molar-refractivity contribution in [3.8, 4) is 11.6 Å². The normalized spacial score (nSPS) is 13.5. The number of nitrogens with one attached hydrogen (secondary N) is 2. The fourth-order valence-corrected chi connectivity index (χ4v) is 3.42. The van der Waals surface area contributed by atoms with Crippen LogP contribution in [0.5, 0.6) is 0 Å². The zero-order valence-corrected chi connectivity index (χ0v) is 15.8. The number of carbonyl (C=O) groups is 1. The lowest BCUT2D eigenvalue weighted by molar-refractivity contribution is -0.142. The number of nitrogens with zero attached hydrogens (tertiary/aromatic N) is 4. The Morgan fingerprint density at radius 3 is 2.73 bits per heavy atom. The van der Waals surface area contributed by atoms with Crippen molar-refractivity contribution in [1.29, 1.82) is 0 Å². The Labute approximate surface area is 151 Å². The topological polar surface area (TPSA) is 153 Å². The van der Waals surface area contributed by atoms with Crippen LogP contribution >= 0.6 is 0 Å². The molecule has 0 aliphatic rings. The summed E-state index contributed by atoms with van der Waals surface area (Å²) in [5, 5.41) is 10.1. The first kappa shape index (κ1) is 20.0. The molecule has 2 N–H and O–H groups in total. The third kappa shape index (κ3) is 5.33.